The molecular weight excluding hydrogens is 456 g/mol. The molecule has 3 aromatic rings. The Morgan fingerprint density at radius 3 is 2.74 bits per heavy atom. The fourth-order valence-corrected chi connectivity index (χ4v) is 5.53. The SMILES string of the molecule is CCOC(=O)c1c(NC(=O)COC(=O)c2ccc3ocnc3c2)sc2c1CCC(C(C)(C)C)C2. The zero-order valence-electron chi connectivity index (χ0n) is 19.7. The molecular formula is C25H28N2O6S. The van der Waals surface area contributed by atoms with Gasteiger partial charge in [-0.25, -0.2) is 14.6 Å². The van der Waals surface area contributed by atoms with E-state index in [4.69, 9.17) is 13.9 Å². The number of hydrogen-bond donors (Lipinski definition) is 1. The third kappa shape index (κ3) is 4.99. The molecule has 2 aromatic heterocycles. The average molecular weight is 485 g/mol. The molecule has 180 valence electrons. The van der Waals surface area contributed by atoms with Crippen molar-refractivity contribution in [2.45, 2.75) is 47.0 Å². The number of rotatable bonds is 6. The number of nitrogens with zero attached hydrogens (tertiary/aromatic N) is 1. The van der Waals surface area contributed by atoms with Crippen LogP contribution >= 0.6 is 11.3 Å². The summed E-state index contributed by atoms with van der Waals surface area (Å²) in [5.41, 5.74) is 2.87. The first-order valence-corrected chi connectivity index (χ1v) is 12.1. The lowest BCUT2D eigenvalue weighted by atomic mass is 9.72. The molecule has 1 aromatic carbocycles. The molecule has 0 saturated heterocycles. The van der Waals surface area contributed by atoms with Gasteiger partial charge in [-0.1, -0.05) is 20.8 Å². The van der Waals surface area contributed by atoms with E-state index in [2.05, 4.69) is 31.1 Å². The van der Waals surface area contributed by atoms with Gasteiger partial charge >= 0.3 is 11.9 Å². The lowest BCUT2D eigenvalue weighted by Gasteiger charge is -2.33. The molecule has 4 rings (SSSR count). The fourth-order valence-electron chi connectivity index (χ4n) is 4.19. The topological polar surface area (TPSA) is 108 Å². The molecule has 1 atom stereocenters. The van der Waals surface area contributed by atoms with Gasteiger partial charge in [0.05, 0.1) is 17.7 Å². The van der Waals surface area contributed by atoms with Crippen LogP contribution in [0.25, 0.3) is 11.1 Å². The molecule has 0 spiro atoms. The normalized spacial score (nSPS) is 15.6. The molecule has 1 amide bonds. The largest absolute Gasteiger partial charge is 0.462 e. The number of benzene rings is 1. The van der Waals surface area contributed by atoms with E-state index >= 15 is 0 Å². The van der Waals surface area contributed by atoms with Gasteiger partial charge in [-0.3, -0.25) is 4.79 Å². The summed E-state index contributed by atoms with van der Waals surface area (Å²) in [7, 11) is 0. The summed E-state index contributed by atoms with van der Waals surface area (Å²) in [6, 6.07) is 4.70. The third-order valence-corrected chi connectivity index (χ3v) is 7.29. The Morgan fingerprint density at radius 1 is 1.21 bits per heavy atom. The summed E-state index contributed by atoms with van der Waals surface area (Å²) >= 11 is 1.41. The number of carbonyl (C=O) groups is 3. The van der Waals surface area contributed by atoms with Crippen LogP contribution < -0.4 is 5.32 Å². The summed E-state index contributed by atoms with van der Waals surface area (Å²) < 4.78 is 15.6. The summed E-state index contributed by atoms with van der Waals surface area (Å²) in [6.07, 6.45) is 3.88. The van der Waals surface area contributed by atoms with Gasteiger partial charge in [-0.2, -0.15) is 0 Å². The number of esters is 2. The van der Waals surface area contributed by atoms with Crippen molar-refractivity contribution < 1.29 is 28.3 Å². The molecule has 34 heavy (non-hydrogen) atoms. The number of carbonyl (C=O) groups excluding carboxylic acids is 3. The van der Waals surface area contributed by atoms with Gasteiger partial charge in [0, 0.05) is 4.88 Å². The minimum atomic E-state index is -0.649. The Labute approximate surface area is 201 Å². The van der Waals surface area contributed by atoms with Crippen molar-refractivity contribution in [1.29, 1.82) is 0 Å². The molecule has 1 aliphatic carbocycles. The minimum Gasteiger partial charge on any atom is -0.462 e. The molecule has 0 bridgehead atoms. The number of hydrogen-bond acceptors (Lipinski definition) is 8. The predicted octanol–water partition coefficient (Wildman–Crippen LogP) is 5.01. The lowest BCUT2D eigenvalue weighted by molar-refractivity contribution is -0.119. The monoisotopic (exact) mass is 484 g/mol. The summed E-state index contributed by atoms with van der Waals surface area (Å²) in [4.78, 5) is 42.9. The highest BCUT2D eigenvalue weighted by Gasteiger charge is 2.34. The van der Waals surface area contributed by atoms with Crippen LogP contribution in [0.1, 0.15) is 65.3 Å². The van der Waals surface area contributed by atoms with Gasteiger partial charge in [-0.15, -0.1) is 11.3 Å². The van der Waals surface area contributed by atoms with Crippen LogP contribution in [0.3, 0.4) is 0 Å². The van der Waals surface area contributed by atoms with E-state index in [1.165, 1.54) is 23.8 Å². The first kappa shape index (κ1) is 23.9. The van der Waals surface area contributed by atoms with E-state index in [0.29, 0.717) is 27.6 Å². The van der Waals surface area contributed by atoms with Crippen LogP contribution in [0.15, 0.2) is 29.0 Å². The smallest absolute Gasteiger partial charge is 0.341 e. The molecule has 0 fully saturated rings. The van der Waals surface area contributed by atoms with Crippen molar-refractivity contribution in [3.8, 4) is 0 Å². The quantitative estimate of drug-likeness (QED) is 0.490. The number of oxazole rings is 1. The number of thiophene rings is 1. The van der Waals surface area contributed by atoms with E-state index in [1.54, 1.807) is 19.1 Å². The molecule has 0 radical (unpaired) electrons. The molecule has 1 N–H and O–H groups in total. The van der Waals surface area contributed by atoms with Crippen molar-refractivity contribution in [3.05, 3.63) is 46.2 Å². The Bertz CT molecular complexity index is 1240. The van der Waals surface area contributed by atoms with E-state index in [9.17, 15) is 14.4 Å². The molecule has 0 saturated carbocycles. The van der Waals surface area contributed by atoms with E-state index in [0.717, 1.165) is 29.7 Å². The van der Waals surface area contributed by atoms with Gasteiger partial charge in [0.25, 0.3) is 5.91 Å². The summed E-state index contributed by atoms with van der Waals surface area (Å²) in [5.74, 6) is -1.13. The molecule has 9 heteroatoms. The first-order chi connectivity index (χ1) is 16.2. The summed E-state index contributed by atoms with van der Waals surface area (Å²) in [6.45, 7) is 8.18. The zero-order valence-corrected chi connectivity index (χ0v) is 20.5. The second-order valence-corrected chi connectivity index (χ2v) is 10.5. The van der Waals surface area contributed by atoms with Crippen LogP contribution in [-0.4, -0.2) is 36.0 Å². The fraction of sp³-hybridized carbons (Fsp3) is 0.440. The van der Waals surface area contributed by atoms with Gasteiger partial charge < -0.3 is 19.2 Å². The number of amides is 1. The zero-order chi connectivity index (χ0) is 24.5. The summed E-state index contributed by atoms with van der Waals surface area (Å²) in [5, 5.41) is 3.21. The molecule has 1 unspecified atom stereocenters. The van der Waals surface area contributed by atoms with Crippen molar-refractivity contribution in [1.82, 2.24) is 4.98 Å². The van der Waals surface area contributed by atoms with Crippen molar-refractivity contribution in [3.63, 3.8) is 0 Å². The van der Waals surface area contributed by atoms with Crippen LogP contribution in [0.2, 0.25) is 0 Å². The Kier molecular flexibility index (Phi) is 6.74. The van der Waals surface area contributed by atoms with Crippen LogP contribution in [-0.2, 0) is 27.1 Å². The lowest BCUT2D eigenvalue weighted by Crippen LogP contribution is -2.26. The highest BCUT2D eigenvalue weighted by Crippen LogP contribution is 2.44. The number of nitrogens with one attached hydrogen (secondary N) is 1. The van der Waals surface area contributed by atoms with E-state index in [-0.39, 0.29) is 17.6 Å². The Hall–Kier alpha value is -3.20. The first-order valence-electron chi connectivity index (χ1n) is 11.3. The number of anilines is 1. The second-order valence-electron chi connectivity index (χ2n) is 9.39. The maximum Gasteiger partial charge on any atom is 0.341 e. The molecule has 1 aliphatic rings. The average Bonchev–Trinajstić information content (AvgIpc) is 3.39. The predicted molar refractivity (Wildman–Crippen MR) is 128 cm³/mol. The van der Waals surface area contributed by atoms with Crippen LogP contribution in [0.5, 0.6) is 0 Å². The number of aromatic nitrogens is 1. The van der Waals surface area contributed by atoms with Gasteiger partial charge in [-0.05, 0) is 61.3 Å². The highest BCUT2D eigenvalue weighted by atomic mass is 32.1. The Morgan fingerprint density at radius 2 is 2.00 bits per heavy atom. The van der Waals surface area contributed by atoms with Crippen molar-refractivity contribution in [2.24, 2.45) is 11.3 Å². The number of ether oxygens (including phenoxy) is 2. The highest BCUT2D eigenvalue weighted by molar-refractivity contribution is 7.17. The van der Waals surface area contributed by atoms with E-state index in [1.807, 2.05) is 0 Å². The molecule has 0 aliphatic heterocycles. The van der Waals surface area contributed by atoms with Gasteiger partial charge in [0.15, 0.2) is 18.6 Å². The van der Waals surface area contributed by atoms with Crippen molar-refractivity contribution >= 4 is 45.3 Å². The van der Waals surface area contributed by atoms with Crippen molar-refractivity contribution in [2.75, 3.05) is 18.5 Å². The molecule has 8 nitrogen and oxygen atoms in total. The maximum absolute atomic E-state index is 12.7. The van der Waals surface area contributed by atoms with Gasteiger partial charge in [0.2, 0.25) is 0 Å². The van der Waals surface area contributed by atoms with Crippen LogP contribution in [0, 0.1) is 11.3 Å². The second kappa shape index (κ2) is 9.58. The van der Waals surface area contributed by atoms with Gasteiger partial charge in [0.1, 0.15) is 10.5 Å². The third-order valence-electron chi connectivity index (χ3n) is 6.12. The van der Waals surface area contributed by atoms with Crippen LogP contribution in [0.4, 0.5) is 5.00 Å². The maximum atomic E-state index is 12.7. The Balaban J connectivity index is 1.47. The van der Waals surface area contributed by atoms with E-state index < -0.39 is 24.5 Å². The number of fused-ring (bicyclic) bond motifs is 2. The minimum absolute atomic E-state index is 0.151. The molecule has 2 heterocycles. The standard InChI is InChI=1S/C25H28N2O6S/c1-5-31-24(30)21-16-8-7-15(25(2,3)4)11-19(16)34-22(21)27-20(28)12-32-23(29)14-6-9-18-17(10-14)26-13-33-18/h6,9-10,13,15H,5,7-8,11-12H2,1-4H3,(H,27,28).